The molecule has 3 rings (SSSR count). The summed E-state index contributed by atoms with van der Waals surface area (Å²) in [6.07, 6.45) is -3.23. The Balaban J connectivity index is 1.61. The van der Waals surface area contributed by atoms with E-state index in [4.69, 9.17) is 0 Å². The summed E-state index contributed by atoms with van der Waals surface area (Å²) in [5.41, 5.74) is 0.439. The van der Waals surface area contributed by atoms with Gasteiger partial charge in [-0.25, -0.2) is 0 Å². The molecule has 2 atom stereocenters. The molecule has 2 saturated heterocycles. The lowest BCUT2D eigenvalue weighted by Crippen LogP contribution is -2.48. The van der Waals surface area contributed by atoms with Crippen LogP contribution in [-0.2, 0) is 9.59 Å². The number of nitrogens with zero attached hydrogens (tertiary/aromatic N) is 1. The summed E-state index contributed by atoms with van der Waals surface area (Å²) in [6, 6.07) is 5.12. The fraction of sp³-hybridized carbons (Fsp3) is 0.500. The van der Waals surface area contributed by atoms with Gasteiger partial charge in [-0.15, -0.1) is 11.8 Å². The molecule has 0 aromatic heterocycles. The van der Waals surface area contributed by atoms with Crippen molar-refractivity contribution in [3.05, 3.63) is 24.3 Å². The lowest BCUT2D eigenvalue weighted by Gasteiger charge is -2.29. The summed E-state index contributed by atoms with van der Waals surface area (Å²) >= 11 is 1.60. The molecule has 0 spiro atoms. The molecule has 2 heterocycles. The molecular weight excluding hydrogens is 357 g/mol. The van der Waals surface area contributed by atoms with Crippen LogP contribution in [0.2, 0.25) is 0 Å². The van der Waals surface area contributed by atoms with Crippen LogP contribution in [-0.4, -0.2) is 46.2 Å². The highest BCUT2D eigenvalue weighted by Gasteiger charge is 2.52. The number of hydrogen-bond donors (Lipinski definition) is 1. The third kappa shape index (κ3) is 3.86. The minimum Gasteiger partial charge on any atom is -0.484 e. The maximum absolute atomic E-state index is 12.5. The highest BCUT2D eigenvalue weighted by molar-refractivity contribution is 8.01. The first-order valence-corrected chi connectivity index (χ1v) is 8.73. The van der Waals surface area contributed by atoms with E-state index in [0.29, 0.717) is 17.9 Å². The molecule has 0 bridgehead atoms. The van der Waals surface area contributed by atoms with E-state index in [1.165, 1.54) is 24.3 Å². The van der Waals surface area contributed by atoms with Gasteiger partial charge < -0.3 is 15.0 Å². The Hall–Kier alpha value is -1.90. The van der Waals surface area contributed by atoms with Gasteiger partial charge in [0.2, 0.25) is 11.8 Å². The first kappa shape index (κ1) is 17.9. The molecule has 9 heteroatoms. The van der Waals surface area contributed by atoms with E-state index in [1.54, 1.807) is 16.7 Å². The molecule has 0 aliphatic carbocycles. The van der Waals surface area contributed by atoms with Gasteiger partial charge in [0.1, 0.15) is 11.8 Å². The molecule has 2 fully saturated rings. The number of fused-ring (bicyclic) bond motifs is 1. The molecule has 5 nitrogen and oxygen atoms in total. The Labute approximate surface area is 146 Å². The van der Waals surface area contributed by atoms with Crippen molar-refractivity contribution >= 4 is 29.3 Å². The van der Waals surface area contributed by atoms with Crippen LogP contribution in [0.15, 0.2) is 24.3 Å². The van der Waals surface area contributed by atoms with Crippen LogP contribution in [0, 0.1) is 0 Å². The molecule has 136 valence electrons. The first-order valence-electron chi connectivity index (χ1n) is 7.75. The normalized spacial score (nSPS) is 25.8. The maximum atomic E-state index is 12.5. The average Bonchev–Trinajstić information content (AvgIpc) is 3.03. The summed E-state index contributed by atoms with van der Waals surface area (Å²) < 4.78 is 41.0. The summed E-state index contributed by atoms with van der Waals surface area (Å²) in [4.78, 5) is 25.9. The number of halogens is 3. The molecule has 2 aliphatic rings. The second-order valence-electron chi connectivity index (χ2n) is 6.18. The monoisotopic (exact) mass is 374 g/mol. The number of thioether (sulfide) groups is 1. The van der Waals surface area contributed by atoms with Gasteiger partial charge in [0.25, 0.3) is 0 Å². The van der Waals surface area contributed by atoms with Gasteiger partial charge in [-0.1, -0.05) is 0 Å². The zero-order valence-electron chi connectivity index (χ0n) is 13.4. The second-order valence-corrected chi connectivity index (χ2v) is 7.68. The fourth-order valence-corrected chi connectivity index (χ4v) is 4.47. The number of hydrogen-bond acceptors (Lipinski definition) is 4. The van der Waals surface area contributed by atoms with E-state index in [2.05, 4.69) is 10.1 Å². The lowest BCUT2D eigenvalue weighted by atomic mass is 10.2. The van der Waals surface area contributed by atoms with Crippen LogP contribution in [0.1, 0.15) is 19.8 Å². The number of alkyl halides is 3. The van der Waals surface area contributed by atoms with Crippen LogP contribution in [0.4, 0.5) is 18.9 Å². The summed E-state index contributed by atoms with van der Waals surface area (Å²) in [7, 11) is 0. The zero-order chi connectivity index (χ0) is 18.2. The molecule has 0 saturated carbocycles. The van der Waals surface area contributed by atoms with Gasteiger partial charge in [-0.3, -0.25) is 9.59 Å². The largest absolute Gasteiger partial charge is 0.484 e. The van der Waals surface area contributed by atoms with Gasteiger partial charge in [0.05, 0.1) is 4.87 Å². The van der Waals surface area contributed by atoms with Gasteiger partial charge in [-0.05, 0) is 37.6 Å². The third-order valence-electron chi connectivity index (χ3n) is 4.27. The molecule has 1 aromatic carbocycles. The summed E-state index contributed by atoms with van der Waals surface area (Å²) in [5, 5.41) is 2.71. The summed E-state index contributed by atoms with van der Waals surface area (Å²) in [6.45, 7) is 0.594. The van der Waals surface area contributed by atoms with Crippen molar-refractivity contribution < 1.29 is 27.5 Å². The molecule has 0 radical (unpaired) electrons. The highest BCUT2D eigenvalue weighted by atomic mass is 32.2. The summed E-state index contributed by atoms with van der Waals surface area (Å²) in [5.74, 6) is 0.272. The van der Waals surface area contributed by atoms with Crippen molar-refractivity contribution in [3.63, 3.8) is 0 Å². The lowest BCUT2D eigenvalue weighted by molar-refractivity contribution is -0.153. The van der Waals surface area contributed by atoms with E-state index in [-0.39, 0.29) is 22.4 Å². The minimum absolute atomic E-state index is 0.0245. The molecule has 2 amide bonds. The smallest absolute Gasteiger partial charge is 0.422 e. The number of carbonyl (C=O) groups is 2. The van der Waals surface area contributed by atoms with Gasteiger partial charge >= 0.3 is 6.18 Å². The highest BCUT2D eigenvalue weighted by Crippen LogP contribution is 2.47. The van der Waals surface area contributed by atoms with Crippen molar-refractivity contribution in [2.24, 2.45) is 0 Å². The number of anilines is 1. The van der Waals surface area contributed by atoms with Crippen molar-refractivity contribution in [1.29, 1.82) is 0 Å². The van der Waals surface area contributed by atoms with Crippen molar-refractivity contribution in [2.75, 3.05) is 17.7 Å². The van der Waals surface area contributed by atoms with Crippen LogP contribution < -0.4 is 10.1 Å². The first-order chi connectivity index (χ1) is 11.7. The predicted molar refractivity (Wildman–Crippen MR) is 87.4 cm³/mol. The second kappa shape index (κ2) is 6.44. The molecule has 25 heavy (non-hydrogen) atoms. The van der Waals surface area contributed by atoms with Crippen LogP contribution in [0.25, 0.3) is 0 Å². The third-order valence-corrected chi connectivity index (χ3v) is 5.78. The number of carbonyl (C=O) groups excluding carboxylic acids is 2. The minimum atomic E-state index is -4.40. The Kier molecular flexibility index (Phi) is 4.61. The van der Waals surface area contributed by atoms with Crippen molar-refractivity contribution in [1.82, 2.24) is 4.90 Å². The molecule has 2 unspecified atom stereocenters. The Morgan fingerprint density at radius 2 is 2.08 bits per heavy atom. The fourth-order valence-electron chi connectivity index (χ4n) is 3.04. The van der Waals surface area contributed by atoms with Crippen LogP contribution >= 0.6 is 11.8 Å². The van der Waals surface area contributed by atoms with E-state index >= 15 is 0 Å². The number of amides is 2. The molecule has 1 aromatic rings. The van der Waals surface area contributed by atoms with Crippen LogP contribution in [0.3, 0.4) is 0 Å². The number of benzene rings is 1. The maximum Gasteiger partial charge on any atom is 0.422 e. The van der Waals surface area contributed by atoms with E-state index in [0.717, 1.165) is 6.42 Å². The van der Waals surface area contributed by atoms with Crippen molar-refractivity contribution in [2.45, 2.75) is 36.9 Å². The standard InChI is InChI=1S/C16H17F3N2O3S/c1-15-7-6-13(22)21(15)12(8-25-15)14(23)20-10-2-4-11(5-3-10)24-9-16(17,18)19/h2-5,12H,6-9H2,1H3,(H,20,23). The average molecular weight is 374 g/mol. The molecule has 1 N–H and O–H groups in total. The molecule has 2 aliphatic heterocycles. The Morgan fingerprint density at radius 3 is 2.72 bits per heavy atom. The Bertz CT molecular complexity index is 680. The molecular formula is C16H17F3N2O3S. The van der Waals surface area contributed by atoms with Crippen LogP contribution in [0.5, 0.6) is 5.75 Å². The van der Waals surface area contributed by atoms with Gasteiger partial charge in [-0.2, -0.15) is 13.2 Å². The number of ether oxygens (including phenoxy) is 1. The Morgan fingerprint density at radius 1 is 1.40 bits per heavy atom. The SMILES string of the molecule is CC12CCC(=O)N1C(C(=O)Nc1ccc(OCC(F)(F)F)cc1)CS2. The topological polar surface area (TPSA) is 58.6 Å². The zero-order valence-corrected chi connectivity index (χ0v) is 14.2. The predicted octanol–water partition coefficient (Wildman–Crippen LogP) is 3.02. The van der Waals surface area contributed by atoms with E-state index in [9.17, 15) is 22.8 Å². The van der Waals surface area contributed by atoms with E-state index in [1.807, 2.05) is 6.92 Å². The quantitative estimate of drug-likeness (QED) is 0.880. The number of nitrogens with one attached hydrogen (secondary N) is 1. The van der Waals surface area contributed by atoms with Crippen molar-refractivity contribution in [3.8, 4) is 5.75 Å². The van der Waals surface area contributed by atoms with E-state index < -0.39 is 18.8 Å². The van der Waals surface area contributed by atoms with Gasteiger partial charge in [0.15, 0.2) is 6.61 Å². The number of rotatable bonds is 4. The van der Waals surface area contributed by atoms with Gasteiger partial charge in [0, 0.05) is 17.9 Å².